The van der Waals surface area contributed by atoms with Gasteiger partial charge in [0.25, 0.3) is 5.56 Å². The van der Waals surface area contributed by atoms with Crippen molar-refractivity contribution in [2.75, 3.05) is 23.3 Å². The number of nitrogens with zero attached hydrogens (tertiary/aromatic N) is 3. The van der Waals surface area contributed by atoms with Gasteiger partial charge in [-0.25, -0.2) is 14.2 Å². The summed E-state index contributed by atoms with van der Waals surface area (Å²) < 4.78 is 15.0. The molecule has 0 aliphatic carbocycles. The Balaban J connectivity index is 1.42. The summed E-state index contributed by atoms with van der Waals surface area (Å²) in [6.45, 7) is 3.77. The molecule has 7 nitrogen and oxygen atoms in total. The van der Waals surface area contributed by atoms with Gasteiger partial charge in [0, 0.05) is 31.4 Å². The van der Waals surface area contributed by atoms with Crippen molar-refractivity contribution in [2.45, 2.75) is 32.4 Å². The van der Waals surface area contributed by atoms with Gasteiger partial charge in [0.05, 0.1) is 11.0 Å². The van der Waals surface area contributed by atoms with E-state index in [-0.39, 0.29) is 17.6 Å². The molecule has 0 unspecified atom stereocenters. The molecule has 2 heterocycles. The Labute approximate surface area is 173 Å². The van der Waals surface area contributed by atoms with Crippen LogP contribution in [0.4, 0.5) is 20.7 Å². The minimum absolute atomic E-state index is 0.0244. The SMILES string of the molecule is CCn1c(=O)c(N2CCC(NC(=O)Nc3cccc(F)c3)CC2)nc2ccccc21. The van der Waals surface area contributed by atoms with Gasteiger partial charge >= 0.3 is 6.03 Å². The lowest BCUT2D eigenvalue weighted by Crippen LogP contribution is -2.47. The maximum atomic E-state index is 13.3. The first-order valence-electron chi connectivity index (χ1n) is 10.1. The summed E-state index contributed by atoms with van der Waals surface area (Å²) in [7, 11) is 0. The molecule has 4 rings (SSSR count). The second-order valence-corrected chi connectivity index (χ2v) is 7.34. The molecule has 0 saturated carbocycles. The number of aryl methyl sites for hydroxylation is 1. The third kappa shape index (κ3) is 4.12. The quantitative estimate of drug-likeness (QED) is 0.693. The van der Waals surface area contributed by atoms with E-state index in [0.29, 0.717) is 44.0 Å². The van der Waals surface area contributed by atoms with Gasteiger partial charge in [-0.2, -0.15) is 0 Å². The number of carbonyl (C=O) groups is 1. The van der Waals surface area contributed by atoms with Gasteiger partial charge < -0.3 is 20.1 Å². The molecule has 0 atom stereocenters. The van der Waals surface area contributed by atoms with Crippen molar-refractivity contribution in [3.05, 3.63) is 64.7 Å². The lowest BCUT2D eigenvalue weighted by Gasteiger charge is -2.33. The van der Waals surface area contributed by atoms with E-state index in [4.69, 9.17) is 0 Å². The second-order valence-electron chi connectivity index (χ2n) is 7.34. The van der Waals surface area contributed by atoms with Crippen LogP contribution in [0.3, 0.4) is 0 Å². The number of carbonyl (C=O) groups excluding carboxylic acids is 1. The van der Waals surface area contributed by atoms with Gasteiger partial charge in [-0.15, -0.1) is 0 Å². The van der Waals surface area contributed by atoms with E-state index in [1.807, 2.05) is 36.1 Å². The number of piperidine rings is 1. The van der Waals surface area contributed by atoms with E-state index in [9.17, 15) is 14.0 Å². The summed E-state index contributed by atoms with van der Waals surface area (Å²) in [6.07, 6.45) is 1.38. The molecule has 0 spiro atoms. The number of amides is 2. The van der Waals surface area contributed by atoms with E-state index in [1.54, 1.807) is 16.7 Å². The average Bonchev–Trinajstić information content (AvgIpc) is 2.74. The Bertz CT molecular complexity index is 1120. The number of nitrogens with one attached hydrogen (secondary N) is 2. The van der Waals surface area contributed by atoms with Crippen molar-refractivity contribution in [3.63, 3.8) is 0 Å². The smallest absolute Gasteiger partial charge is 0.319 e. The number of anilines is 2. The van der Waals surface area contributed by atoms with Gasteiger partial charge in [-0.05, 0) is 50.1 Å². The highest BCUT2D eigenvalue weighted by atomic mass is 19.1. The molecule has 0 radical (unpaired) electrons. The largest absolute Gasteiger partial charge is 0.352 e. The summed E-state index contributed by atoms with van der Waals surface area (Å²) >= 11 is 0. The molecule has 1 fully saturated rings. The van der Waals surface area contributed by atoms with Gasteiger partial charge in [0.1, 0.15) is 5.82 Å². The molecule has 2 aromatic carbocycles. The minimum Gasteiger partial charge on any atom is -0.352 e. The van der Waals surface area contributed by atoms with Crippen molar-refractivity contribution in [1.82, 2.24) is 14.9 Å². The Morgan fingerprint density at radius 1 is 1.17 bits per heavy atom. The molecular formula is C22H24FN5O2. The van der Waals surface area contributed by atoms with Crippen LogP contribution >= 0.6 is 0 Å². The lowest BCUT2D eigenvalue weighted by atomic mass is 10.1. The first-order valence-corrected chi connectivity index (χ1v) is 10.1. The van der Waals surface area contributed by atoms with Crippen molar-refractivity contribution in [2.24, 2.45) is 0 Å². The highest BCUT2D eigenvalue weighted by Gasteiger charge is 2.24. The third-order valence-corrected chi connectivity index (χ3v) is 5.36. The molecule has 1 saturated heterocycles. The number of hydrogen-bond donors (Lipinski definition) is 2. The Hall–Kier alpha value is -3.42. The number of rotatable bonds is 4. The van der Waals surface area contributed by atoms with Gasteiger partial charge in [-0.3, -0.25) is 4.79 Å². The fraction of sp³-hybridized carbons (Fsp3) is 0.318. The maximum absolute atomic E-state index is 13.3. The first kappa shape index (κ1) is 19.9. The fourth-order valence-corrected chi connectivity index (χ4v) is 3.85. The van der Waals surface area contributed by atoms with E-state index < -0.39 is 5.82 Å². The summed E-state index contributed by atoms with van der Waals surface area (Å²) in [6, 6.07) is 13.0. The fourth-order valence-electron chi connectivity index (χ4n) is 3.85. The zero-order valence-corrected chi connectivity index (χ0v) is 16.8. The predicted molar refractivity (Wildman–Crippen MR) is 115 cm³/mol. The number of benzene rings is 2. The van der Waals surface area contributed by atoms with Crippen LogP contribution in [-0.2, 0) is 6.54 Å². The molecule has 2 amide bonds. The predicted octanol–water partition coefficient (Wildman–Crippen LogP) is 3.35. The molecule has 1 aliphatic heterocycles. The minimum atomic E-state index is -0.401. The number of fused-ring (bicyclic) bond motifs is 1. The maximum Gasteiger partial charge on any atom is 0.319 e. The first-order chi connectivity index (χ1) is 14.5. The molecular weight excluding hydrogens is 385 g/mol. The second kappa shape index (κ2) is 8.52. The highest BCUT2D eigenvalue weighted by Crippen LogP contribution is 2.19. The lowest BCUT2D eigenvalue weighted by molar-refractivity contribution is 0.246. The van der Waals surface area contributed by atoms with Crippen molar-refractivity contribution >= 4 is 28.6 Å². The number of hydrogen-bond acceptors (Lipinski definition) is 4. The summed E-state index contributed by atoms with van der Waals surface area (Å²) in [5.74, 6) is 0.0555. The molecule has 2 N–H and O–H groups in total. The number of halogens is 1. The summed E-state index contributed by atoms with van der Waals surface area (Å²) in [4.78, 5) is 31.8. The van der Waals surface area contributed by atoms with Crippen LogP contribution in [-0.4, -0.2) is 34.7 Å². The van der Waals surface area contributed by atoms with Crippen LogP contribution in [0.1, 0.15) is 19.8 Å². The average molecular weight is 409 g/mol. The molecule has 3 aromatic rings. The number of aromatic nitrogens is 2. The van der Waals surface area contributed by atoms with Crippen LogP contribution < -0.4 is 21.1 Å². The van der Waals surface area contributed by atoms with Crippen molar-refractivity contribution in [3.8, 4) is 0 Å². The number of urea groups is 1. The summed E-state index contributed by atoms with van der Waals surface area (Å²) in [5.41, 5.74) is 1.94. The molecule has 0 bridgehead atoms. The highest BCUT2D eigenvalue weighted by molar-refractivity contribution is 5.89. The van der Waals surface area contributed by atoms with Crippen LogP contribution in [0.5, 0.6) is 0 Å². The third-order valence-electron chi connectivity index (χ3n) is 5.36. The summed E-state index contributed by atoms with van der Waals surface area (Å²) in [5, 5.41) is 5.57. The van der Waals surface area contributed by atoms with Crippen molar-refractivity contribution < 1.29 is 9.18 Å². The van der Waals surface area contributed by atoms with Crippen LogP contribution in [0, 0.1) is 5.82 Å². The Kier molecular flexibility index (Phi) is 5.65. The monoisotopic (exact) mass is 409 g/mol. The zero-order chi connectivity index (χ0) is 21.1. The van der Waals surface area contributed by atoms with Gasteiger partial charge in [-0.1, -0.05) is 18.2 Å². The Morgan fingerprint density at radius 2 is 1.93 bits per heavy atom. The molecule has 1 aromatic heterocycles. The molecule has 1 aliphatic rings. The van der Waals surface area contributed by atoms with E-state index >= 15 is 0 Å². The number of para-hydroxylation sites is 2. The topological polar surface area (TPSA) is 79.3 Å². The molecule has 30 heavy (non-hydrogen) atoms. The van der Waals surface area contributed by atoms with Crippen LogP contribution in [0.2, 0.25) is 0 Å². The standard InChI is InChI=1S/C22H24FN5O2/c1-2-28-19-9-4-3-8-18(19)26-20(21(28)29)27-12-10-16(11-13-27)24-22(30)25-17-7-5-6-15(23)14-17/h3-9,14,16H,2,10-13H2,1H3,(H2,24,25,30). The van der Waals surface area contributed by atoms with Gasteiger partial charge in [0.2, 0.25) is 0 Å². The van der Waals surface area contributed by atoms with Crippen LogP contribution in [0.15, 0.2) is 53.3 Å². The van der Waals surface area contributed by atoms with Gasteiger partial charge in [0.15, 0.2) is 5.82 Å². The zero-order valence-electron chi connectivity index (χ0n) is 16.8. The van der Waals surface area contributed by atoms with E-state index in [1.165, 1.54) is 12.1 Å². The van der Waals surface area contributed by atoms with Crippen LogP contribution in [0.25, 0.3) is 11.0 Å². The van der Waals surface area contributed by atoms with E-state index in [0.717, 1.165) is 11.0 Å². The molecule has 156 valence electrons. The Morgan fingerprint density at radius 3 is 2.67 bits per heavy atom. The van der Waals surface area contributed by atoms with Crippen molar-refractivity contribution in [1.29, 1.82) is 0 Å². The van der Waals surface area contributed by atoms with E-state index in [2.05, 4.69) is 15.6 Å². The normalized spacial score (nSPS) is 14.7. The molecule has 8 heteroatoms.